The monoisotopic (exact) mass is 303 g/mol. The van der Waals surface area contributed by atoms with Crippen LogP contribution in [0.5, 0.6) is 11.5 Å². The molecule has 1 aromatic rings. The quantitative estimate of drug-likeness (QED) is 0.454. The van der Waals surface area contributed by atoms with E-state index >= 15 is 0 Å². The van der Waals surface area contributed by atoms with E-state index < -0.39 is 0 Å². The highest BCUT2D eigenvalue weighted by molar-refractivity contribution is 5.34. The standard InChI is InChI=1S/C18H25NO3/c1-3-5-15(2)22-18-7-4-6-17(14-18)21-13-12-20-16-8-10-19-11-9-16/h3-7,14,16,19H,1,8-13H2,2H3/b15-5+. The third kappa shape index (κ3) is 5.92. The summed E-state index contributed by atoms with van der Waals surface area (Å²) in [5, 5.41) is 3.33. The molecule has 1 N–H and O–H groups in total. The maximum Gasteiger partial charge on any atom is 0.130 e. The zero-order valence-electron chi connectivity index (χ0n) is 13.2. The first kappa shape index (κ1) is 16.6. The Bertz CT molecular complexity index is 493. The molecule has 0 radical (unpaired) electrons. The van der Waals surface area contributed by atoms with Crippen LogP contribution in [-0.4, -0.2) is 32.4 Å². The largest absolute Gasteiger partial charge is 0.491 e. The van der Waals surface area contributed by atoms with Crippen LogP contribution < -0.4 is 14.8 Å². The summed E-state index contributed by atoms with van der Waals surface area (Å²) in [5.74, 6) is 2.34. The van der Waals surface area contributed by atoms with E-state index in [2.05, 4.69) is 11.9 Å². The Balaban J connectivity index is 1.73. The minimum Gasteiger partial charge on any atom is -0.491 e. The van der Waals surface area contributed by atoms with Crippen molar-refractivity contribution >= 4 is 0 Å². The van der Waals surface area contributed by atoms with E-state index in [1.54, 1.807) is 6.08 Å². The van der Waals surface area contributed by atoms with Crippen molar-refractivity contribution in [2.45, 2.75) is 25.9 Å². The number of rotatable bonds is 8. The lowest BCUT2D eigenvalue weighted by molar-refractivity contribution is 0.0168. The molecule has 1 aliphatic rings. The van der Waals surface area contributed by atoms with E-state index in [1.165, 1.54) is 0 Å². The van der Waals surface area contributed by atoms with Crippen molar-refractivity contribution in [3.05, 3.63) is 48.8 Å². The summed E-state index contributed by atoms with van der Waals surface area (Å²) in [6, 6.07) is 7.62. The summed E-state index contributed by atoms with van der Waals surface area (Å²) in [6.45, 7) is 8.80. The molecule has 0 aliphatic carbocycles. The summed E-state index contributed by atoms with van der Waals surface area (Å²) < 4.78 is 17.2. The second-order valence-corrected chi connectivity index (χ2v) is 5.26. The first-order valence-corrected chi connectivity index (χ1v) is 7.80. The van der Waals surface area contributed by atoms with E-state index in [9.17, 15) is 0 Å². The molecule has 0 saturated carbocycles. The Kier molecular flexibility index (Phi) is 7.00. The molecule has 0 amide bonds. The first-order valence-electron chi connectivity index (χ1n) is 7.80. The predicted octanol–water partition coefficient (Wildman–Crippen LogP) is 3.30. The van der Waals surface area contributed by atoms with Gasteiger partial charge in [0.15, 0.2) is 0 Å². The number of hydrogen-bond acceptors (Lipinski definition) is 4. The maximum atomic E-state index is 5.81. The second kappa shape index (κ2) is 9.28. The minimum atomic E-state index is 0.367. The lowest BCUT2D eigenvalue weighted by atomic mass is 10.1. The van der Waals surface area contributed by atoms with E-state index in [1.807, 2.05) is 37.3 Å². The first-order chi connectivity index (χ1) is 10.8. The van der Waals surface area contributed by atoms with Gasteiger partial charge in [0, 0.05) is 6.07 Å². The lowest BCUT2D eigenvalue weighted by Gasteiger charge is -2.22. The molecule has 0 atom stereocenters. The maximum absolute atomic E-state index is 5.81. The Morgan fingerprint density at radius 2 is 2.05 bits per heavy atom. The third-order valence-corrected chi connectivity index (χ3v) is 3.43. The van der Waals surface area contributed by atoms with Crippen molar-refractivity contribution in [3.63, 3.8) is 0 Å². The lowest BCUT2D eigenvalue weighted by Crippen LogP contribution is -2.33. The van der Waals surface area contributed by atoms with Gasteiger partial charge in [0.25, 0.3) is 0 Å². The number of benzene rings is 1. The Morgan fingerprint density at radius 1 is 1.27 bits per heavy atom. The van der Waals surface area contributed by atoms with Crippen molar-refractivity contribution in [2.24, 2.45) is 0 Å². The predicted molar refractivity (Wildman–Crippen MR) is 88.4 cm³/mol. The summed E-state index contributed by atoms with van der Waals surface area (Å²) in [6.07, 6.45) is 6.05. The molecular weight excluding hydrogens is 278 g/mol. The van der Waals surface area contributed by atoms with Crippen LogP contribution in [0.1, 0.15) is 19.8 Å². The fourth-order valence-corrected chi connectivity index (χ4v) is 2.35. The fourth-order valence-electron chi connectivity index (χ4n) is 2.35. The van der Waals surface area contributed by atoms with E-state index in [0.717, 1.165) is 43.2 Å². The van der Waals surface area contributed by atoms with Gasteiger partial charge in [-0.05, 0) is 51.1 Å². The van der Waals surface area contributed by atoms with E-state index in [-0.39, 0.29) is 0 Å². The van der Waals surface area contributed by atoms with Crippen molar-refractivity contribution < 1.29 is 14.2 Å². The van der Waals surface area contributed by atoms with Crippen LogP contribution in [0.2, 0.25) is 0 Å². The molecule has 0 aromatic heterocycles. The molecule has 1 aliphatic heterocycles. The normalized spacial score (nSPS) is 16.3. The van der Waals surface area contributed by atoms with Gasteiger partial charge in [-0.2, -0.15) is 0 Å². The summed E-state index contributed by atoms with van der Waals surface area (Å²) >= 11 is 0. The molecule has 2 rings (SSSR count). The van der Waals surface area contributed by atoms with Crippen molar-refractivity contribution in [1.82, 2.24) is 5.32 Å². The topological polar surface area (TPSA) is 39.7 Å². The highest BCUT2D eigenvalue weighted by Gasteiger charge is 2.12. The van der Waals surface area contributed by atoms with Crippen molar-refractivity contribution in [2.75, 3.05) is 26.3 Å². The SMILES string of the molecule is C=C/C=C(\C)Oc1cccc(OCCOC2CCNCC2)c1. The van der Waals surface area contributed by atoms with Gasteiger partial charge in [-0.25, -0.2) is 0 Å². The van der Waals surface area contributed by atoms with Crippen LogP contribution in [0.4, 0.5) is 0 Å². The minimum absolute atomic E-state index is 0.367. The molecule has 22 heavy (non-hydrogen) atoms. The number of hydrogen-bond donors (Lipinski definition) is 1. The van der Waals surface area contributed by atoms with Gasteiger partial charge in [0.05, 0.1) is 12.7 Å². The van der Waals surface area contributed by atoms with Crippen molar-refractivity contribution in [1.29, 1.82) is 0 Å². The average Bonchev–Trinajstić information content (AvgIpc) is 2.53. The molecule has 0 spiro atoms. The summed E-state index contributed by atoms with van der Waals surface area (Å²) in [7, 11) is 0. The smallest absolute Gasteiger partial charge is 0.130 e. The zero-order chi connectivity index (χ0) is 15.6. The highest BCUT2D eigenvalue weighted by Crippen LogP contribution is 2.21. The van der Waals surface area contributed by atoms with Gasteiger partial charge in [-0.1, -0.05) is 18.7 Å². The number of nitrogens with one attached hydrogen (secondary N) is 1. The number of allylic oxidation sites excluding steroid dienone is 3. The Labute approximate surface area is 132 Å². The molecule has 1 heterocycles. The van der Waals surface area contributed by atoms with Crippen LogP contribution in [0.25, 0.3) is 0 Å². The van der Waals surface area contributed by atoms with Gasteiger partial charge in [-0.3, -0.25) is 0 Å². The zero-order valence-corrected chi connectivity index (χ0v) is 13.2. The van der Waals surface area contributed by atoms with Gasteiger partial charge in [0.2, 0.25) is 0 Å². The van der Waals surface area contributed by atoms with Crippen LogP contribution in [-0.2, 0) is 4.74 Å². The molecule has 1 saturated heterocycles. The van der Waals surface area contributed by atoms with Crippen LogP contribution >= 0.6 is 0 Å². The molecule has 4 nitrogen and oxygen atoms in total. The molecule has 120 valence electrons. The average molecular weight is 303 g/mol. The Morgan fingerprint density at radius 3 is 2.82 bits per heavy atom. The van der Waals surface area contributed by atoms with Crippen molar-refractivity contribution in [3.8, 4) is 11.5 Å². The fraction of sp³-hybridized carbons (Fsp3) is 0.444. The van der Waals surface area contributed by atoms with Gasteiger partial charge in [0.1, 0.15) is 23.9 Å². The summed E-state index contributed by atoms with van der Waals surface area (Å²) in [4.78, 5) is 0. The molecule has 4 heteroatoms. The molecular formula is C18H25NO3. The van der Waals surface area contributed by atoms with Crippen LogP contribution in [0, 0.1) is 0 Å². The van der Waals surface area contributed by atoms with E-state index in [4.69, 9.17) is 14.2 Å². The van der Waals surface area contributed by atoms with Crippen LogP contribution in [0.15, 0.2) is 48.8 Å². The summed E-state index contributed by atoms with van der Waals surface area (Å²) in [5.41, 5.74) is 0. The molecule has 1 aromatic carbocycles. The second-order valence-electron chi connectivity index (χ2n) is 5.26. The Hall–Kier alpha value is -1.78. The van der Waals surface area contributed by atoms with E-state index in [0.29, 0.717) is 19.3 Å². The molecule has 1 fully saturated rings. The van der Waals surface area contributed by atoms with Gasteiger partial charge < -0.3 is 19.5 Å². The van der Waals surface area contributed by atoms with Gasteiger partial charge in [-0.15, -0.1) is 0 Å². The molecule has 0 bridgehead atoms. The molecule has 0 unspecified atom stereocenters. The number of piperidine rings is 1. The highest BCUT2D eigenvalue weighted by atomic mass is 16.5. The third-order valence-electron chi connectivity index (χ3n) is 3.43. The van der Waals surface area contributed by atoms with Gasteiger partial charge >= 0.3 is 0 Å². The van der Waals surface area contributed by atoms with Crippen LogP contribution in [0.3, 0.4) is 0 Å². The number of ether oxygens (including phenoxy) is 3.